The van der Waals surface area contributed by atoms with Crippen molar-refractivity contribution < 1.29 is 0 Å². The average molecular weight is 116 g/mol. The Balaban J connectivity index is 3.56. The van der Waals surface area contributed by atoms with Crippen LogP contribution in [0, 0.1) is 0 Å². The van der Waals surface area contributed by atoms with Gasteiger partial charge in [0.25, 0.3) is 0 Å². The lowest BCUT2D eigenvalue weighted by Crippen LogP contribution is -1.66. The minimum Gasteiger partial charge on any atom is -0.0868 e. The first-order valence-electron chi connectivity index (χ1n) is 2.48. The highest BCUT2D eigenvalue weighted by atomic mass is 31.1. The number of allylic oxidation sites excluding steroid dienone is 2. The summed E-state index contributed by atoms with van der Waals surface area (Å²) in [5.74, 6) is 0. The summed E-state index contributed by atoms with van der Waals surface area (Å²) >= 11 is 0. The molecule has 0 spiro atoms. The Morgan fingerprint density at radius 1 is 1.43 bits per heavy atom. The molecule has 0 aliphatic carbocycles. The van der Waals surface area contributed by atoms with Gasteiger partial charge in [-0.3, -0.25) is 0 Å². The van der Waals surface area contributed by atoms with E-state index in [2.05, 4.69) is 33.3 Å². The molecule has 0 aromatic heterocycles. The van der Waals surface area contributed by atoms with Crippen molar-refractivity contribution in [2.24, 2.45) is 0 Å². The molecule has 42 valence electrons. The SMILES string of the molecule is C/C=C(/C)P(C)C. The molecule has 0 nitrogen and oxygen atoms in total. The molecule has 7 heavy (non-hydrogen) atoms. The van der Waals surface area contributed by atoms with Crippen molar-refractivity contribution in [2.45, 2.75) is 13.8 Å². The molecule has 1 heteroatoms. The second-order valence-electron chi connectivity index (χ2n) is 1.82. The molecular weight excluding hydrogens is 103 g/mol. The monoisotopic (exact) mass is 116 g/mol. The van der Waals surface area contributed by atoms with Crippen LogP contribution in [-0.2, 0) is 0 Å². The third kappa shape index (κ3) is 2.82. The van der Waals surface area contributed by atoms with Crippen LogP contribution >= 0.6 is 7.92 Å². The van der Waals surface area contributed by atoms with Gasteiger partial charge in [0.2, 0.25) is 0 Å². The third-order valence-corrected chi connectivity index (χ3v) is 2.79. The summed E-state index contributed by atoms with van der Waals surface area (Å²) in [7, 11) is 0.199. The first-order chi connectivity index (χ1) is 3.18. The Kier molecular flexibility index (Phi) is 3.29. The standard InChI is InChI=1S/C6H13P/c1-5-6(2)7(3)4/h5H,1-4H3/b6-5-. The molecule has 0 atom stereocenters. The smallest absolute Gasteiger partial charge is 0.0397 e. The first kappa shape index (κ1) is 7.17. The first-order valence-corrected chi connectivity index (χ1v) is 4.72. The van der Waals surface area contributed by atoms with Gasteiger partial charge >= 0.3 is 0 Å². The van der Waals surface area contributed by atoms with Gasteiger partial charge < -0.3 is 0 Å². The maximum absolute atomic E-state index is 2.27. The van der Waals surface area contributed by atoms with Gasteiger partial charge in [-0.2, -0.15) is 0 Å². The van der Waals surface area contributed by atoms with Crippen molar-refractivity contribution in [3.63, 3.8) is 0 Å². The van der Waals surface area contributed by atoms with E-state index in [0.717, 1.165) is 0 Å². The molecule has 0 radical (unpaired) electrons. The van der Waals surface area contributed by atoms with Gasteiger partial charge in [-0.15, -0.1) is 0 Å². The highest BCUT2D eigenvalue weighted by Gasteiger charge is 1.89. The van der Waals surface area contributed by atoms with Crippen LogP contribution in [-0.4, -0.2) is 13.3 Å². The van der Waals surface area contributed by atoms with Gasteiger partial charge in [0.1, 0.15) is 0 Å². The molecule has 0 saturated carbocycles. The fraction of sp³-hybridized carbons (Fsp3) is 0.667. The van der Waals surface area contributed by atoms with Crippen LogP contribution in [0.25, 0.3) is 0 Å². The summed E-state index contributed by atoms with van der Waals surface area (Å²) in [4.78, 5) is 0. The van der Waals surface area contributed by atoms with Crippen LogP contribution < -0.4 is 0 Å². The Hall–Kier alpha value is 0.170. The molecule has 0 rings (SSSR count). The second-order valence-corrected chi connectivity index (χ2v) is 4.32. The zero-order valence-electron chi connectivity index (χ0n) is 5.52. The van der Waals surface area contributed by atoms with Gasteiger partial charge in [0.15, 0.2) is 0 Å². The van der Waals surface area contributed by atoms with Crippen LogP contribution in [0.3, 0.4) is 0 Å². The largest absolute Gasteiger partial charge is 0.0868 e. The lowest BCUT2D eigenvalue weighted by atomic mass is 10.6. The molecule has 0 bridgehead atoms. The lowest BCUT2D eigenvalue weighted by molar-refractivity contribution is 1.58. The van der Waals surface area contributed by atoms with E-state index in [1.54, 1.807) is 0 Å². The normalized spacial score (nSPS) is 13.0. The van der Waals surface area contributed by atoms with E-state index in [-0.39, 0.29) is 7.92 Å². The van der Waals surface area contributed by atoms with Crippen LogP contribution in [0.5, 0.6) is 0 Å². The number of hydrogen-bond acceptors (Lipinski definition) is 0. The quantitative estimate of drug-likeness (QED) is 0.462. The topological polar surface area (TPSA) is 0 Å². The maximum atomic E-state index is 2.27. The molecule has 0 aliphatic heterocycles. The van der Waals surface area contributed by atoms with E-state index < -0.39 is 0 Å². The van der Waals surface area contributed by atoms with Crippen molar-refractivity contribution in [2.75, 3.05) is 13.3 Å². The minimum absolute atomic E-state index is 0.199. The van der Waals surface area contributed by atoms with E-state index in [0.29, 0.717) is 0 Å². The average Bonchev–Trinajstić information content (AvgIpc) is 1.65. The summed E-state index contributed by atoms with van der Waals surface area (Å²) in [5.41, 5.74) is 0. The summed E-state index contributed by atoms with van der Waals surface area (Å²) in [6, 6.07) is 0. The summed E-state index contributed by atoms with van der Waals surface area (Å²) in [6.07, 6.45) is 2.19. The predicted octanol–water partition coefficient (Wildman–Crippen LogP) is 2.65. The molecule has 0 aromatic rings. The Labute approximate surface area is 47.4 Å². The predicted molar refractivity (Wildman–Crippen MR) is 38.2 cm³/mol. The molecule has 0 N–H and O–H groups in total. The van der Waals surface area contributed by atoms with Crippen molar-refractivity contribution in [1.29, 1.82) is 0 Å². The van der Waals surface area contributed by atoms with Crippen LogP contribution in [0.1, 0.15) is 13.8 Å². The van der Waals surface area contributed by atoms with E-state index >= 15 is 0 Å². The highest BCUT2D eigenvalue weighted by molar-refractivity contribution is 7.60. The molecule has 0 aromatic carbocycles. The van der Waals surface area contributed by atoms with Crippen LogP contribution in [0.4, 0.5) is 0 Å². The summed E-state index contributed by atoms with van der Waals surface area (Å²) in [5, 5.41) is 1.54. The number of rotatable bonds is 1. The summed E-state index contributed by atoms with van der Waals surface area (Å²) < 4.78 is 0. The summed E-state index contributed by atoms with van der Waals surface area (Å²) in [6.45, 7) is 8.82. The Bertz CT molecular complexity index is 72.2. The molecular formula is C6H13P. The number of hydrogen-bond donors (Lipinski definition) is 0. The van der Waals surface area contributed by atoms with Crippen molar-refractivity contribution >= 4 is 7.92 Å². The lowest BCUT2D eigenvalue weighted by Gasteiger charge is -2.01. The van der Waals surface area contributed by atoms with Crippen molar-refractivity contribution in [3.05, 3.63) is 11.4 Å². The highest BCUT2D eigenvalue weighted by Crippen LogP contribution is 2.34. The van der Waals surface area contributed by atoms with Crippen LogP contribution in [0.15, 0.2) is 11.4 Å². The van der Waals surface area contributed by atoms with E-state index in [1.165, 1.54) is 5.31 Å². The van der Waals surface area contributed by atoms with E-state index in [4.69, 9.17) is 0 Å². The second kappa shape index (κ2) is 3.21. The van der Waals surface area contributed by atoms with Gasteiger partial charge in [0.05, 0.1) is 0 Å². The molecule has 0 heterocycles. The van der Waals surface area contributed by atoms with Crippen LogP contribution in [0.2, 0.25) is 0 Å². The zero-order chi connectivity index (χ0) is 5.86. The molecule has 0 fully saturated rings. The van der Waals surface area contributed by atoms with Gasteiger partial charge in [-0.25, -0.2) is 0 Å². The Morgan fingerprint density at radius 2 is 1.86 bits per heavy atom. The fourth-order valence-electron chi connectivity index (χ4n) is 0.258. The zero-order valence-corrected chi connectivity index (χ0v) is 6.42. The minimum atomic E-state index is 0.199. The fourth-order valence-corrected chi connectivity index (χ4v) is 0.775. The third-order valence-electron chi connectivity index (χ3n) is 1.12. The van der Waals surface area contributed by atoms with Crippen molar-refractivity contribution in [3.8, 4) is 0 Å². The molecule has 0 saturated heterocycles. The van der Waals surface area contributed by atoms with Gasteiger partial charge in [-0.05, 0) is 27.2 Å². The van der Waals surface area contributed by atoms with Gasteiger partial charge in [0, 0.05) is 0 Å². The molecule has 0 unspecified atom stereocenters. The van der Waals surface area contributed by atoms with E-state index in [9.17, 15) is 0 Å². The molecule has 0 aliphatic rings. The van der Waals surface area contributed by atoms with Crippen molar-refractivity contribution in [1.82, 2.24) is 0 Å². The van der Waals surface area contributed by atoms with Gasteiger partial charge in [-0.1, -0.05) is 19.3 Å². The molecule has 0 amide bonds. The maximum Gasteiger partial charge on any atom is -0.0397 e. The van der Waals surface area contributed by atoms with E-state index in [1.807, 2.05) is 0 Å². The Morgan fingerprint density at radius 3 is 1.86 bits per heavy atom.